The van der Waals surface area contributed by atoms with E-state index >= 15 is 0 Å². The second-order valence-electron chi connectivity index (χ2n) is 3.97. The lowest BCUT2D eigenvalue weighted by molar-refractivity contribution is 0.537. The van der Waals surface area contributed by atoms with E-state index in [-0.39, 0.29) is 0 Å². The summed E-state index contributed by atoms with van der Waals surface area (Å²) in [5.74, 6) is 0. The molecule has 0 spiro atoms. The Labute approximate surface area is 85.4 Å². The zero-order chi connectivity index (χ0) is 10.1. The van der Waals surface area contributed by atoms with Crippen LogP contribution in [0.2, 0.25) is 0 Å². The van der Waals surface area contributed by atoms with Gasteiger partial charge in [-0.3, -0.25) is 0 Å². The van der Waals surface area contributed by atoms with Crippen LogP contribution in [0.3, 0.4) is 0 Å². The molecule has 0 bridgehead atoms. The van der Waals surface area contributed by atoms with Gasteiger partial charge < -0.3 is 4.57 Å². The quantitative estimate of drug-likeness (QED) is 0.671. The summed E-state index contributed by atoms with van der Waals surface area (Å²) < 4.78 is 2.43. The molecule has 0 aliphatic heterocycles. The van der Waals surface area contributed by atoms with E-state index in [1.54, 1.807) is 0 Å². The highest BCUT2D eigenvalue weighted by Crippen LogP contribution is 2.24. The lowest BCUT2D eigenvalue weighted by Crippen LogP contribution is -2.04. The zero-order valence-electron chi connectivity index (χ0n) is 9.12. The lowest BCUT2D eigenvalue weighted by Gasteiger charge is -2.15. The molecular formula is C13H17N. The SMILES string of the molecule is CCC(C)n1c(C)cc2ccccc21. The summed E-state index contributed by atoms with van der Waals surface area (Å²) in [6, 6.07) is 11.5. The highest BCUT2D eigenvalue weighted by atomic mass is 15.0. The molecule has 0 radical (unpaired) electrons. The minimum atomic E-state index is 0.592. The first-order valence-corrected chi connectivity index (χ1v) is 5.30. The second-order valence-corrected chi connectivity index (χ2v) is 3.97. The molecule has 2 aromatic rings. The summed E-state index contributed by atoms with van der Waals surface area (Å²) in [5, 5.41) is 1.35. The number of para-hydroxylation sites is 1. The molecule has 1 heteroatoms. The molecule has 1 aromatic heterocycles. The average Bonchev–Trinajstić information content (AvgIpc) is 2.53. The molecule has 0 aliphatic carbocycles. The van der Waals surface area contributed by atoms with E-state index in [2.05, 4.69) is 55.7 Å². The van der Waals surface area contributed by atoms with Crippen LogP contribution >= 0.6 is 0 Å². The Kier molecular flexibility index (Phi) is 2.32. The van der Waals surface area contributed by atoms with E-state index in [9.17, 15) is 0 Å². The number of rotatable bonds is 2. The highest BCUT2D eigenvalue weighted by Gasteiger charge is 2.08. The number of fused-ring (bicyclic) bond motifs is 1. The van der Waals surface area contributed by atoms with Crippen LogP contribution in [0, 0.1) is 6.92 Å². The first-order chi connectivity index (χ1) is 6.74. The van der Waals surface area contributed by atoms with E-state index < -0.39 is 0 Å². The third kappa shape index (κ3) is 1.33. The Bertz CT molecular complexity index is 439. The number of hydrogen-bond donors (Lipinski definition) is 0. The van der Waals surface area contributed by atoms with Crippen LogP contribution in [0.15, 0.2) is 30.3 Å². The summed E-state index contributed by atoms with van der Waals surface area (Å²) in [7, 11) is 0. The molecule has 0 N–H and O–H groups in total. The Morgan fingerprint density at radius 3 is 2.71 bits per heavy atom. The van der Waals surface area contributed by atoms with Gasteiger partial charge in [0, 0.05) is 17.3 Å². The van der Waals surface area contributed by atoms with Crippen molar-refractivity contribution in [1.29, 1.82) is 0 Å². The Hall–Kier alpha value is -1.24. The molecule has 0 saturated heterocycles. The topological polar surface area (TPSA) is 4.93 Å². The monoisotopic (exact) mass is 187 g/mol. The Morgan fingerprint density at radius 2 is 2.00 bits per heavy atom. The first kappa shape index (κ1) is 9.32. The number of aryl methyl sites for hydroxylation is 1. The molecule has 14 heavy (non-hydrogen) atoms. The van der Waals surface area contributed by atoms with E-state index in [1.807, 2.05) is 0 Å². The molecule has 0 fully saturated rings. The first-order valence-electron chi connectivity index (χ1n) is 5.30. The van der Waals surface area contributed by atoms with Crippen LogP contribution in [-0.2, 0) is 0 Å². The zero-order valence-corrected chi connectivity index (χ0v) is 9.12. The van der Waals surface area contributed by atoms with Crippen molar-refractivity contribution in [2.75, 3.05) is 0 Å². The average molecular weight is 187 g/mol. The summed E-state index contributed by atoms with van der Waals surface area (Å²) >= 11 is 0. The molecule has 1 aromatic carbocycles. The van der Waals surface area contributed by atoms with Crippen LogP contribution in [-0.4, -0.2) is 4.57 Å². The highest BCUT2D eigenvalue weighted by molar-refractivity contribution is 5.81. The fourth-order valence-corrected chi connectivity index (χ4v) is 2.08. The molecule has 0 aliphatic rings. The van der Waals surface area contributed by atoms with Crippen LogP contribution in [0.1, 0.15) is 32.0 Å². The van der Waals surface area contributed by atoms with Gasteiger partial charge in [-0.05, 0) is 37.8 Å². The van der Waals surface area contributed by atoms with Gasteiger partial charge in [-0.1, -0.05) is 25.1 Å². The molecular weight excluding hydrogens is 170 g/mol. The van der Waals surface area contributed by atoms with Crippen LogP contribution in [0.4, 0.5) is 0 Å². The fourth-order valence-electron chi connectivity index (χ4n) is 2.08. The van der Waals surface area contributed by atoms with Crippen molar-refractivity contribution in [2.24, 2.45) is 0 Å². The van der Waals surface area contributed by atoms with Gasteiger partial charge in [-0.2, -0.15) is 0 Å². The summed E-state index contributed by atoms with van der Waals surface area (Å²) in [6.07, 6.45) is 1.18. The molecule has 2 rings (SSSR count). The van der Waals surface area contributed by atoms with E-state index in [4.69, 9.17) is 0 Å². The van der Waals surface area contributed by atoms with Crippen molar-refractivity contribution < 1.29 is 0 Å². The second kappa shape index (κ2) is 3.49. The summed E-state index contributed by atoms with van der Waals surface area (Å²) in [4.78, 5) is 0. The Morgan fingerprint density at radius 1 is 1.29 bits per heavy atom. The van der Waals surface area contributed by atoms with E-state index in [0.717, 1.165) is 0 Å². The van der Waals surface area contributed by atoms with Crippen molar-refractivity contribution >= 4 is 10.9 Å². The largest absolute Gasteiger partial charge is 0.342 e. The maximum Gasteiger partial charge on any atom is 0.0484 e. The van der Waals surface area contributed by atoms with Crippen molar-refractivity contribution in [1.82, 2.24) is 4.57 Å². The maximum atomic E-state index is 2.43. The van der Waals surface area contributed by atoms with Gasteiger partial charge in [-0.25, -0.2) is 0 Å². The predicted octanol–water partition coefficient (Wildman–Crippen LogP) is 3.92. The minimum absolute atomic E-state index is 0.592. The van der Waals surface area contributed by atoms with Gasteiger partial charge in [0.1, 0.15) is 0 Å². The predicted molar refractivity (Wildman–Crippen MR) is 61.7 cm³/mol. The summed E-state index contributed by atoms with van der Waals surface area (Å²) in [5.41, 5.74) is 2.72. The van der Waals surface area contributed by atoms with Gasteiger partial charge in [0.2, 0.25) is 0 Å². The van der Waals surface area contributed by atoms with Gasteiger partial charge in [-0.15, -0.1) is 0 Å². The third-order valence-electron chi connectivity index (χ3n) is 2.97. The standard InChI is InChI=1S/C13H17N/c1-4-10(2)14-11(3)9-12-7-5-6-8-13(12)14/h5-10H,4H2,1-3H3. The molecule has 0 amide bonds. The van der Waals surface area contributed by atoms with Gasteiger partial charge in [0.05, 0.1) is 0 Å². The molecule has 1 heterocycles. The van der Waals surface area contributed by atoms with Gasteiger partial charge in [0.15, 0.2) is 0 Å². The van der Waals surface area contributed by atoms with Crippen molar-refractivity contribution in [3.8, 4) is 0 Å². The number of hydrogen-bond acceptors (Lipinski definition) is 0. The molecule has 1 unspecified atom stereocenters. The van der Waals surface area contributed by atoms with Crippen molar-refractivity contribution in [3.05, 3.63) is 36.0 Å². The van der Waals surface area contributed by atoms with Crippen LogP contribution < -0.4 is 0 Å². The molecule has 0 saturated carbocycles. The van der Waals surface area contributed by atoms with Crippen molar-refractivity contribution in [2.45, 2.75) is 33.2 Å². The Balaban J connectivity index is 2.67. The van der Waals surface area contributed by atoms with Crippen LogP contribution in [0.25, 0.3) is 10.9 Å². The maximum absolute atomic E-state index is 2.43. The molecule has 1 nitrogen and oxygen atoms in total. The lowest BCUT2D eigenvalue weighted by atomic mass is 10.2. The van der Waals surface area contributed by atoms with Crippen molar-refractivity contribution in [3.63, 3.8) is 0 Å². The number of benzene rings is 1. The van der Waals surface area contributed by atoms with Gasteiger partial charge >= 0.3 is 0 Å². The molecule has 1 atom stereocenters. The number of nitrogens with zero attached hydrogens (tertiary/aromatic N) is 1. The van der Waals surface area contributed by atoms with E-state index in [0.29, 0.717) is 6.04 Å². The van der Waals surface area contributed by atoms with E-state index in [1.165, 1.54) is 23.0 Å². The fraction of sp³-hybridized carbons (Fsp3) is 0.385. The summed E-state index contributed by atoms with van der Waals surface area (Å²) in [6.45, 7) is 6.70. The molecule has 74 valence electrons. The van der Waals surface area contributed by atoms with Crippen LogP contribution in [0.5, 0.6) is 0 Å². The third-order valence-corrected chi connectivity index (χ3v) is 2.97. The normalized spacial score (nSPS) is 13.4. The van der Waals surface area contributed by atoms with Gasteiger partial charge in [0.25, 0.3) is 0 Å². The number of aromatic nitrogens is 1. The minimum Gasteiger partial charge on any atom is -0.342 e. The smallest absolute Gasteiger partial charge is 0.0484 e.